The first-order valence-electron chi connectivity index (χ1n) is 7.09. The molecule has 0 radical (unpaired) electrons. The molecule has 2 aromatic rings. The second-order valence-electron chi connectivity index (χ2n) is 5.35. The van der Waals surface area contributed by atoms with Gasteiger partial charge < -0.3 is 10.6 Å². The maximum atomic E-state index is 12.0. The third kappa shape index (κ3) is 4.06. The summed E-state index contributed by atoms with van der Waals surface area (Å²) < 4.78 is 0. The fourth-order valence-electron chi connectivity index (χ4n) is 1.88. The van der Waals surface area contributed by atoms with Gasteiger partial charge >= 0.3 is 0 Å². The highest BCUT2D eigenvalue weighted by Gasteiger charge is 2.08. The topological polar surface area (TPSA) is 77.8 Å². The first-order chi connectivity index (χ1) is 10.6. The largest absolute Gasteiger partial charge is 0.353 e. The molecule has 0 fully saturated rings. The highest BCUT2D eigenvalue weighted by Crippen LogP contribution is 2.20. The van der Waals surface area contributed by atoms with Crippen molar-refractivity contribution in [2.45, 2.75) is 13.8 Å². The lowest BCUT2D eigenvalue weighted by Crippen LogP contribution is -2.27. The van der Waals surface area contributed by atoms with Gasteiger partial charge in [0.1, 0.15) is 6.07 Å². The molecule has 2 rings (SSSR count). The van der Waals surface area contributed by atoms with E-state index in [4.69, 9.17) is 5.26 Å². The van der Waals surface area contributed by atoms with Crippen molar-refractivity contribution < 1.29 is 4.79 Å². The molecule has 0 aliphatic rings. The Morgan fingerprint density at radius 1 is 1.32 bits per heavy atom. The summed E-state index contributed by atoms with van der Waals surface area (Å²) in [6.07, 6.45) is 3.14. The van der Waals surface area contributed by atoms with Gasteiger partial charge in [-0.2, -0.15) is 5.26 Å². The standard InChI is InChI=1S/C17H18N4O/c1-12(2)9-20-17(22)14-7-15(11-19-10-14)21-16-6-4-3-5-13(16)8-18/h3-7,10-12,21H,9H2,1-2H3,(H,20,22). The van der Waals surface area contributed by atoms with Gasteiger partial charge in [-0.05, 0) is 24.1 Å². The number of hydrogen-bond acceptors (Lipinski definition) is 4. The maximum Gasteiger partial charge on any atom is 0.252 e. The summed E-state index contributed by atoms with van der Waals surface area (Å²) in [6, 6.07) is 11.0. The molecular weight excluding hydrogens is 276 g/mol. The third-order valence-electron chi connectivity index (χ3n) is 3.00. The number of carbonyl (C=O) groups is 1. The summed E-state index contributed by atoms with van der Waals surface area (Å²) in [5, 5.41) is 15.1. The summed E-state index contributed by atoms with van der Waals surface area (Å²) in [4.78, 5) is 16.1. The van der Waals surface area contributed by atoms with Crippen LogP contribution in [0.3, 0.4) is 0 Å². The van der Waals surface area contributed by atoms with E-state index in [1.54, 1.807) is 24.4 Å². The lowest BCUT2D eigenvalue weighted by molar-refractivity contribution is 0.0948. The van der Waals surface area contributed by atoms with Crippen molar-refractivity contribution in [1.82, 2.24) is 10.3 Å². The molecular formula is C17H18N4O. The van der Waals surface area contributed by atoms with Crippen LogP contribution in [-0.2, 0) is 0 Å². The molecule has 0 aliphatic carbocycles. The van der Waals surface area contributed by atoms with Gasteiger partial charge in [0.05, 0.1) is 28.7 Å². The molecule has 1 heterocycles. The van der Waals surface area contributed by atoms with E-state index in [1.807, 2.05) is 26.0 Å². The van der Waals surface area contributed by atoms with Crippen LogP contribution < -0.4 is 10.6 Å². The van der Waals surface area contributed by atoms with Gasteiger partial charge in [0, 0.05) is 12.7 Å². The van der Waals surface area contributed by atoms with Crippen LogP contribution in [0, 0.1) is 17.2 Å². The normalized spacial score (nSPS) is 10.1. The average Bonchev–Trinajstić information content (AvgIpc) is 2.53. The molecule has 0 saturated carbocycles. The number of nitrogens with one attached hydrogen (secondary N) is 2. The minimum atomic E-state index is -0.154. The molecule has 5 heteroatoms. The van der Waals surface area contributed by atoms with E-state index in [9.17, 15) is 4.79 Å². The molecule has 2 N–H and O–H groups in total. The summed E-state index contributed by atoms with van der Waals surface area (Å²) in [5.41, 5.74) is 2.38. The second-order valence-corrected chi connectivity index (χ2v) is 5.35. The Balaban J connectivity index is 2.15. The quantitative estimate of drug-likeness (QED) is 0.888. The predicted octanol–water partition coefficient (Wildman–Crippen LogP) is 3.08. The zero-order valence-corrected chi connectivity index (χ0v) is 12.6. The van der Waals surface area contributed by atoms with Crippen molar-refractivity contribution in [3.8, 4) is 6.07 Å². The van der Waals surface area contributed by atoms with Crippen LogP contribution in [-0.4, -0.2) is 17.4 Å². The molecule has 5 nitrogen and oxygen atoms in total. The molecule has 0 spiro atoms. The Kier molecular flexibility index (Phi) is 5.10. The van der Waals surface area contributed by atoms with Crippen LogP contribution in [0.2, 0.25) is 0 Å². The number of rotatable bonds is 5. The van der Waals surface area contributed by atoms with Crippen molar-refractivity contribution in [3.05, 3.63) is 53.9 Å². The van der Waals surface area contributed by atoms with E-state index in [0.29, 0.717) is 35.0 Å². The minimum absolute atomic E-state index is 0.154. The summed E-state index contributed by atoms with van der Waals surface area (Å²) in [6.45, 7) is 4.69. The van der Waals surface area contributed by atoms with E-state index >= 15 is 0 Å². The van der Waals surface area contributed by atoms with E-state index in [0.717, 1.165) is 0 Å². The summed E-state index contributed by atoms with van der Waals surface area (Å²) >= 11 is 0. The number of amides is 1. The van der Waals surface area contributed by atoms with Gasteiger partial charge in [0.2, 0.25) is 0 Å². The van der Waals surface area contributed by atoms with E-state index < -0.39 is 0 Å². The first-order valence-corrected chi connectivity index (χ1v) is 7.09. The number of nitriles is 1. The second kappa shape index (κ2) is 7.23. The number of para-hydroxylation sites is 1. The number of hydrogen-bond donors (Lipinski definition) is 2. The van der Waals surface area contributed by atoms with Gasteiger partial charge in [-0.3, -0.25) is 9.78 Å². The van der Waals surface area contributed by atoms with Crippen molar-refractivity contribution in [2.75, 3.05) is 11.9 Å². The van der Waals surface area contributed by atoms with Gasteiger partial charge in [-0.25, -0.2) is 0 Å². The number of benzene rings is 1. The Hall–Kier alpha value is -2.87. The molecule has 112 valence electrons. The smallest absolute Gasteiger partial charge is 0.252 e. The number of aromatic nitrogens is 1. The highest BCUT2D eigenvalue weighted by atomic mass is 16.1. The molecule has 0 unspecified atom stereocenters. The molecule has 0 aliphatic heterocycles. The van der Waals surface area contributed by atoms with Crippen LogP contribution in [0.4, 0.5) is 11.4 Å². The number of nitrogens with zero attached hydrogens (tertiary/aromatic N) is 2. The number of carbonyl (C=O) groups excluding carboxylic acids is 1. The molecule has 0 bridgehead atoms. The van der Waals surface area contributed by atoms with Crippen LogP contribution in [0.25, 0.3) is 0 Å². The molecule has 0 saturated heterocycles. The van der Waals surface area contributed by atoms with Gasteiger partial charge in [0.25, 0.3) is 5.91 Å². The van der Waals surface area contributed by atoms with Gasteiger partial charge in [0.15, 0.2) is 0 Å². The Bertz CT molecular complexity index is 704. The van der Waals surface area contributed by atoms with E-state index in [2.05, 4.69) is 21.7 Å². The maximum absolute atomic E-state index is 12.0. The summed E-state index contributed by atoms with van der Waals surface area (Å²) in [7, 11) is 0. The van der Waals surface area contributed by atoms with Crippen LogP contribution in [0.5, 0.6) is 0 Å². The number of anilines is 2. The fraction of sp³-hybridized carbons (Fsp3) is 0.235. The first kappa shape index (κ1) is 15.5. The molecule has 22 heavy (non-hydrogen) atoms. The lowest BCUT2D eigenvalue weighted by Gasteiger charge is -2.10. The highest BCUT2D eigenvalue weighted by molar-refractivity contribution is 5.94. The molecule has 1 aromatic heterocycles. The molecule has 1 aromatic carbocycles. The minimum Gasteiger partial charge on any atom is -0.353 e. The Morgan fingerprint density at radius 3 is 2.82 bits per heavy atom. The van der Waals surface area contributed by atoms with Crippen LogP contribution in [0.1, 0.15) is 29.8 Å². The zero-order valence-electron chi connectivity index (χ0n) is 12.6. The fourth-order valence-corrected chi connectivity index (χ4v) is 1.88. The number of pyridine rings is 1. The average molecular weight is 294 g/mol. The van der Waals surface area contributed by atoms with Crippen molar-refractivity contribution in [3.63, 3.8) is 0 Å². The third-order valence-corrected chi connectivity index (χ3v) is 3.00. The Labute approximate surface area is 130 Å². The monoisotopic (exact) mass is 294 g/mol. The molecule has 1 amide bonds. The van der Waals surface area contributed by atoms with Gasteiger partial charge in [-0.15, -0.1) is 0 Å². The van der Waals surface area contributed by atoms with Crippen molar-refractivity contribution >= 4 is 17.3 Å². The lowest BCUT2D eigenvalue weighted by atomic mass is 10.2. The van der Waals surface area contributed by atoms with Crippen molar-refractivity contribution in [1.29, 1.82) is 5.26 Å². The van der Waals surface area contributed by atoms with E-state index in [1.165, 1.54) is 6.20 Å². The SMILES string of the molecule is CC(C)CNC(=O)c1cncc(Nc2ccccc2C#N)c1. The van der Waals surface area contributed by atoms with Crippen LogP contribution in [0.15, 0.2) is 42.7 Å². The van der Waals surface area contributed by atoms with Gasteiger partial charge in [-0.1, -0.05) is 26.0 Å². The van der Waals surface area contributed by atoms with Crippen LogP contribution >= 0.6 is 0 Å². The Morgan fingerprint density at radius 2 is 2.09 bits per heavy atom. The summed E-state index contributed by atoms with van der Waals surface area (Å²) in [5.74, 6) is 0.235. The van der Waals surface area contributed by atoms with Crippen molar-refractivity contribution in [2.24, 2.45) is 5.92 Å². The van der Waals surface area contributed by atoms with E-state index in [-0.39, 0.29) is 5.91 Å². The predicted molar refractivity (Wildman–Crippen MR) is 85.8 cm³/mol. The molecule has 0 atom stereocenters. The zero-order chi connectivity index (χ0) is 15.9.